The third kappa shape index (κ3) is 4.82. The molecule has 23 heavy (non-hydrogen) atoms. The Hall–Kier alpha value is -2.34. The van der Waals surface area contributed by atoms with Gasteiger partial charge in [0.2, 0.25) is 0 Å². The Balaban J connectivity index is 0.000000433. The molecular formula is C17H23N3O3. The van der Waals surface area contributed by atoms with Crippen LogP contribution in [0.3, 0.4) is 0 Å². The molecule has 0 spiro atoms. The van der Waals surface area contributed by atoms with E-state index in [1.54, 1.807) is 0 Å². The fraction of sp³-hybridized carbons (Fsp3) is 0.412. The van der Waals surface area contributed by atoms with E-state index in [-0.39, 0.29) is 0 Å². The smallest absolute Gasteiger partial charge is 0.450 e. The van der Waals surface area contributed by atoms with Crippen LogP contribution in [0.1, 0.15) is 31.4 Å². The summed E-state index contributed by atoms with van der Waals surface area (Å²) in [5.41, 5.74) is 8.05. The quantitative estimate of drug-likeness (QED) is 0.786. The molecule has 0 amide bonds. The number of aromatic nitrogens is 2. The highest BCUT2D eigenvalue weighted by Crippen LogP contribution is 2.52. The molecule has 1 aliphatic carbocycles. The number of carboxylic acid groups (broad SMARTS) is 2. The molecule has 2 aromatic rings. The van der Waals surface area contributed by atoms with E-state index >= 15 is 0 Å². The van der Waals surface area contributed by atoms with Crippen molar-refractivity contribution in [2.24, 2.45) is 17.6 Å². The van der Waals surface area contributed by atoms with E-state index < -0.39 is 6.16 Å². The van der Waals surface area contributed by atoms with E-state index in [0.29, 0.717) is 5.92 Å². The van der Waals surface area contributed by atoms with Gasteiger partial charge in [0.15, 0.2) is 0 Å². The summed E-state index contributed by atoms with van der Waals surface area (Å²) in [5, 5.41) is 13.9. The molecule has 0 aliphatic heterocycles. The molecule has 1 aromatic heterocycles. The van der Waals surface area contributed by atoms with Gasteiger partial charge in [-0.2, -0.15) is 0 Å². The molecule has 1 heterocycles. The summed E-state index contributed by atoms with van der Waals surface area (Å²) in [6.45, 7) is 3.11. The van der Waals surface area contributed by atoms with E-state index in [9.17, 15) is 0 Å². The van der Waals surface area contributed by atoms with E-state index in [4.69, 9.17) is 20.7 Å². The number of imidazole rings is 1. The topological polar surface area (TPSA) is 101 Å². The summed E-state index contributed by atoms with van der Waals surface area (Å²) in [7, 11) is 0. The van der Waals surface area contributed by atoms with E-state index in [0.717, 1.165) is 24.8 Å². The van der Waals surface area contributed by atoms with Crippen molar-refractivity contribution in [3.05, 3.63) is 48.5 Å². The first-order chi connectivity index (χ1) is 11.0. The van der Waals surface area contributed by atoms with Gasteiger partial charge in [0.05, 0.1) is 12.0 Å². The highest BCUT2D eigenvalue weighted by atomic mass is 16.6. The normalized spacial score (nSPS) is 20.3. The molecule has 0 bridgehead atoms. The standard InChI is InChI=1S/C16H21N3.CH2O3/c1-12(7-8-17)14-9-15(14)16-10-19(11-18-16)13-5-3-2-4-6-13;2-1(3)4/h2-6,10-12,14-15H,7-9,17H2,1H3;(H2,2,3,4). The number of carbonyl (C=O) groups is 1. The first-order valence-corrected chi connectivity index (χ1v) is 7.74. The van der Waals surface area contributed by atoms with Gasteiger partial charge < -0.3 is 20.5 Å². The average molecular weight is 317 g/mol. The lowest BCUT2D eigenvalue weighted by Crippen LogP contribution is -2.08. The number of para-hydroxylation sites is 1. The minimum atomic E-state index is -1.83. The Morgan fingerprint density at radius 2 is 2.04 bits per heavy atom. The fourth-order valence-electron chi connectivity index (χ4n) is 2.93. The first kappa shape index (κ1) is 17.0. The van der Waals surface area contributed by atoms with Crippen molar-refractivity contribution >= 4 is 6.16 Å². The summed E-state index contributed by atoms with van der Waals surface area (Å²) in [6.07, 6.45) is 4.66. The molecule has 1 saturated carbocycles. The Bertz CT molecular complexity index is 623. The second-order valence-corrected chi connectivity index (χ2v) is 5.88. The summed E-state index contributed by atoms with van der Waals surface area (Å²) >= 11 is 0. The Labute approximate surface area is 135 Å². The molecule has 4 N–H and O–H groups in total. The molecule has 6 nitrogen and oxygen atoms in total. The number of nitrogens with two attached hydrogens (primary N) is 1. The van der Waals surface area contributed by atoms with Crippen LogP contribution >= 0.6 is 0 Å². The average Bonchev–Trinajstić information content (AvgIpc) is 3.17. The molecule has 3 unspecified atom stereocenters. The Morgan fingerprint density at radius 1 is 1.39 bits per heavy atom. The largest absolute Gasteiger partial charge is 0.503 e. The van der Waals surface area contributed by atoms with Gasteiger partial charge in [-0.1, -0.05) is 25.1 Å². The summed E-state index contributed by atoms with van der Waals surface area (Å²) in [6, 6.07) is 10.4. The lowest BCUT2D eigenvalue weighted by Gasteiger charge is -2.07. The van der Waals surface area contributed by atoms with Gasteiger partial charge >= 0.3 is 6.16 Å². The van der Waals surface area contributed by atoms with Crippen molar-refractivity contribution < 1.29 is 15.0 Å². The van der Waals surface area contributed by atoms with Crippen LogP contribution in [-0.2, 0) is 0 Å². The van der Waals surface area contributed by atoms with Crippen LogP contribution in [0.4, 0.5) is 4.79 Å². The summed E-state index contributed by atoms with van der Waals surface area (Å²) in [4.78, 5) is 13.1. The first-order valence-electron chi connectivity index (χ1n) is 7.74. The van der Waals surface area contributed by atoms with Crippen molar-refractivity contribution in [3.8, 4) is 5.69 Å². The second kappa shape index (κ2) is 7.78. The molecule has 1 aromatic carbocycles. The lowest BCUT2D eigenvalue weighted by molar-refractivity contribution is 0.137. The SMILES string of the molecule is CC(CCN)C1CC1c1cn(-c2ccccc2)cn1.O=C(O)O. The van der Waals surface area contributed by atoms with E-state index in [1.165, 1.54) is 17.8 Å². The zero-order chi connectivity index (χ0) is 16.8. The van der Waals surface area contributed by atoms with Crippen LogP contribution in [-0.4, -0.2) is 32.5 Å². The molecule has 124 valence electrons. The number of rotatable bonds is 5. The zero-order valence-electron chi connectivity index (χ0n) is 13.2. The van der Waals surface area contributed by atoms with Crippen molar-refractivity contribution in [2.45, 2.75) is 25.7 Å². The fourth-order valence-corrected chi connectivity index (χ4v) is 2.93. The minimum Gasteiger partial charge on any atom is -0.450 e. The van der Waals surface area contributed by atoms with Crippen molar-refractivity contribution in [3.63, 3.8) is 0 Å². The molecule has 0 saturated heterocycles. The molecule has 6 heteroatoms. The predicted octanol–water partition coefficient (Wildman–Crippen LogP) is 3.18. The predicted molar refractivity (Wildman–Crippen MR) is 87.9 cm³/mol. The second-order valence-electron chi connectivity index (χ2n) is 5.88. The van der Waals surface area contributed by atoms with Gasteiger partial charge in [-0.25, -0.2) is 9.78 Å². The molecule has 0 radical (unpaired) electrons. The van der Waals surface area contributed by atoms with E-state index in [1.807, 2.05) is 12.4 Å². The summed E-state index contributed by atoms with van der Waals surface area (Å²) < 4.78 is 2.11. The van der Waals surface area contributed by atoms with Crippen LogP contribution in [0.15, 0.2) is 42.9 Å². The van der Waals surface area contributed by atoms with Crippen LogP contribution in [0, 0.1) is 11.8 Å². The third-order valence-electron chi connectivity index (χ3n) is 4.23. The summed E-state index contributed by atoms with van der Waals surface area (Å²) in [5.74, 6) is 2.14. The van der Waals surface area contributed by atoms with E-state index in [2.05, 4.69) is 46.9 Å². The third-order valence-corrected chi connectivity index (χ3v) is 4.23. The van der Waals surface area contributed by atoms with Crippen LogP contribution in [0.5, 0.6) is 0 Å². The highest BCUT2D eigenvalue weighted by Gasteiger charge is 2.42. The van der Waals surface area contributed by atoms with Gasteiger partial charge in [-0.15, -0.1) is 0 Å². The maximum Gasteiger partial charge on any atom is 0.503 e. The molecule has 3 rings (SSSR count). The number of nitrogens with zero attached hydrogens (tertiary/aromatic N) is 2. The molecule has 1 aliphatic rings. The van der Waals surface area contributed by atoms with Crippen LogP contribution in [0.2, 0.25) is 0 Å². The van der Waals surface area contributed by atoms with Crippen LogP contribution < -0.4 is 5.73 Å². The molecular weight excluding hydrogens is 294 g/mol. The maximum atomic E-state index is 8.56. The Morgan fingerprint density at radius 3 is 2.65 bits per heavy atom. The lowest BCUT2D eigenvalue weighted by atomic mass is 10.00. The van der Waals surface area contributed by atoms with Crippen molar-refractivity contribution in [1.82, 2.24) is 9.55 Å². The monoisotopic (exact) mass is 317 g/mol. The Kier molecular flexibility index (Phi) is 5.76. The van der Waals surface area contributed by atoms with Gasteiger partial charge in [0, 0.05) is 17.8 Å². The number of hydrogen-bond donors (Lipinski definition) is 3. The van der Waals surface area contributed by atoms with Crippen LogP contribution in [0.25, 0.3) is 5.69 Å². The van der Waals surface area contributed by atoms with Gasteiger partial charge in [-0.3, -0.25) is 0 Å². The van der Waals surface area contributed by atoms with Crippen molar-refractivity contribution in [2.75, 3.05) is 6.54 Å². The van der Waals surface area contributed by atoms with Crippen molar-refractivity contribution in [1.29, 1.82) is 0 Å². The van der Waals surface area contributed by atoms with Gasteiger partial charge in [0.25, 0.3) is 0 Å². The maximum absolute atomic E-state index is 8.56. The minimum absolute atomic E-state index is 0.645. The number of hydrogen-bond acceptors (Lipinski definition) is 3. The van der Waals surface area contributed by atoms with Gasteiger partial charge in [-0.05, 0) is 43.4 Å². The van der Waals surface area contributed by atoms with Gasteiger partial charge in [0.1, 0.15) is 0 Å². The number of benzene rings is 1. The highest BCUT2D eigenvalue weighted by molar-refractivity contribution is 5.53. The zero-order valence-corrected chi connectivity index (χ0v) is 13.2. The molecule has 1 fully saturated rings. The molecule has 3 atom stereocenters.